The Morgan fingerprint density at radius 2 is 0.453 bits per heavy atom. The molecule has 0 saturated heterocycles. The highest BCUT2D eigenvalue weighted by Crippen LogP contribution is 2.53. The van der Waals surface area contributed by atoms with Crippen molar-refractivity contribution < 1.29 is 73.6 Å². The van der Waals surface area contributed by atoms with Gasteiger partial charge in [-0.1, -0.05) is 436 Å². The summed E-state index contributed by atoms with van der Waals surface area (Å²) < 4.78 is 417. The molecule has 3 heteroatoms. The van der Waals surface area contributed by atoms with Crippen molar-refractivity contribution in [1.82, 2.24) is 0 Å². The summed E-state index contributed by atoms with van der Waals surface area (Å²) in [5.41, 5.74) is 5.37. The molecule has 0 N–H and O–H groups in total. The van der Waals surface area contributed by atoms with Crippen molar-refractivity contribution >= 4 is 174 Å². The topological polar surface area (TPSA) is 39.4 Å². The van der Waals surface area contributed by atoms with E-state index < -0.39 is 316 Å². The van der Waals surface area contributed by atoms with Crippen LogP contribution in [0.3, 0.4) is 0 Å². The van der Waals surface area contributed by atoms with Crippen LogP contribution in [-0.2, 0) is 0 Å². The largest absolute Gasteiger partial charge is 0.456 e. The van der Waals surface area contributed by atoms with Crippen LogP contribution in [0.4, 0.5) is 0 Å². The number of furan rings is 3. The van der Waals surface area contributed by atoms with Crippen LogP contribution in [0.15, 0.2) is 522 Å². The molecule has 646 valence electrons. The van der Waals surface area contributed by atoms with Gasteiger partial charge in [0.25, 0.3) is 0 Å². The third-order valence-electron chi connectivity index (χ3n) is 25.5. The number of fused-ring (bicyclic) bond motifs is 19. The maximum Gasteiger partial charge on any atom is 0.136 e. The Kier molecular flexibility index (Phi) is 11.4. The molecule has 0 amide bonds. The first-order valence-corrected chi connectivity index (χ1v) is 44.2. The molecule has 139 heavy (non-hydrogen) atoms. The van der Waals surface area contributed by atoms with Crippen LogP contribution < -0.4 is 0 Å². The maximum atomic E-state index is 9.68. The third-order valence-corrected chi connectivity index (χ3v) is 25.5. The van der Waals surface area contributed by atoms with E-state index in [9.17, 15) is 26.0 Å². The van der Waals surface area contributed by atoms with Gasteiger partial charge in [-0.05, 0) is 292 Å². The SMILES string of the molecule is [2H]c1c([2H])c(-c2c([2H])c([2H])c([2H])c3oc4c([2H])c5c([2H])c([2H])c([2H])c([2H])c5c([2H])c4c23)c([2H])c([2H])c1-c1c2c([2H])c([2H])c([2H])c([2H])c2c(-c2c([2H])c([2H])c([2H])c3c([2H])c([2H])c([2H])c([2H])c23)c2c([2H])c([2H])c([2H])c([2H])c12.[2H]c1c([2H])c([2H])c2c(-c3cccc4oc5cc6ccccc6cc5c34)c3c([2H])c([2H])c([2H])c([2H])c3c(-c3cc(-c4ccccc4)cc(-c4ccccc4)c3)c2c1[2H].[2H]c1c([2H])c([2H])c2c(-c3cccc4oc5cc6ccccc6cc5c34)c3c([2H])c([2H])c([2H])c([2H])c3c(-c3ccc(-c4ccccc4)cc3)c2c1[2H]. The van der Waals surface area contributed by atoms with Crippen LogP contribution in [-0.4, -0.2) is 0 Å². The van der Waals surface area contributed by atoms with E-state index in [0.717, 1.165) is 65.7 Å². The molecule has 29 rings (SSSR count). The first kappa shape index (κ1) is 47.6. The highest BCUT2D eigenvalue weighted by atomic mass is 16.3. The zero-order valence-corrected chi connectivity index (χ0v) is 72.3. The van der Waals surface area contributed by atoms with Crippen LogP contribution in [0.5, 0.6) is 0 Å². The minimum absolute atomic E-state index is 0.155. The summed E-state index contributed by atoms with van der Waals surface area (Å²) in [6.07, 6.45) is 0. The van der Waals surface area contributed by atoms with Crippen LogP contribution in [0, 0.1) is 0 Å². The zero-order valence-electron chi connectivity index (χ0n) is 116. The second-order valence-electron chi connectivity index (χ2n) is 33.2. The summed E-state index contributed by atoms with van der Waals surface area (Å²) in [6.45, 7) is 0. The second-order valence-corrected chi connectivity index (χ2v) is 33.2. The van der Waals surface area contributed by atoms with Gasteiger partial charge in [0, 0.05) is 32.3 Å². The van der Waals surface area contributed by atoms with Crippen molar-refractivity contribution in [1.29, 1.82) is 0 Å². The summed E-state index contributed by atoms with van der Waals surface area (Å²) in [6, 6.07) is 46.0. The van der Waals surface area contributed by atoms with E-state index in [4.69, 9.17) is 47.5 Å². The normalized spacial score (nSPS) is 16.2. The summed E-state index contributed by atoms with van der Waals surface area (Å²) >= 11 is 0. The number of hydrogen-bond donors (Lipinski definition) is 0. The van der Waals surface area contributed by atoms with E-state index in [1.165, 1.54) is 0 Å². The predicted molar refractivity (Wildman–Crippen MR) is 591 cm³/mol. The lowest BCUT2D eigenvalue weighted by molar-refractivity contribution is 0.669. The van der Waals surface area contributed by atoms with Crippen molar-refractivity contribution in [2.24, 2.45) is 0 Å². The molecule has 3 aromatic heterocycles. The molecule has 0 atom stereocenters. The van der Waals surface area contributed by atoms with Crippen LogP contribution in [0.2, 0.25) is 0 Å². The van der Waals surface area contributed by atoms with E-state index in [2.05, 4.69) is 6.07 Å². The van der Waals surface area contributed by atoms with Crippen molar-refractivity contribution in [3.05, 3.63) is 509 Å². The Labute approximate surface area is 863 Å². The Morgan fingerprint density at radius 1 is 0.137 bits per heavy atom. The highest BCUT2D eigenvalue weighted by Gasteiger charge is 2.27. The van der Waals surface area contributed by atoms with E-state index in [1.807, 2.05) is 224 Å². The Morgan fingerprint density at radius 3 is 0.914 bits per heavy atom. The Balaban J connectivity index is 0.000000131. The van der Waals surface area contributed by atoms with E-state index in [0.29, 0.717) is 72.0 Å². The van der Waals surface area contributed by atoms with Gasteiger partial charge in [0.15, 0.2) is 0 Å². The molecule has 0 bridgehead atoms. The molecule has 0 aliphatic carbocycles. The molecule has 3 heterocycles. The lowest BCUT2D eigenvalue weighted by Crippen LogP contribution is -1.92. The monoisotopic (exact) mass is 1810 g/mol. The van der Waals surface area contributed by atoms with Crippen LogP contribution in [0.25, 0.3) is 285 Å². The van der Waals surface area contributed by atoms with E-state index >= 15 is 0 Å². The zero-order chi connectivity index (χ0) is 130. The first-order valence-electron chi connectivity index (χ1n) is 66.2. The van der Waals surface area contributed by atoms with Gasteiger partial charge in [-0.25, -0.2) is 0 Å². The average molecular weight is 1810 g/mol. The van der Waals surface area contributed by atoms with Gasteiger partial charge in [-0.15, -0.1) is 0 Å². The average Bonchev–Trinajstić information content (AvgIpc) is 1.31. The smallest absolute Gasteiger partial charge is 0.136 e. The quantitative estimate of drug-likeness (QED) is 0.128. The van der Waals surface area contributed by atoms with Crippen molar-refractivity contribution in [2.75, 3.05) is 0 Å². The van der Waals surface area contributed by atoms with Crippen molar-refractivity contribution in [3.63, 3.8) is 0 Å². The molecule has 29 aromatic rings. The van der Waals surface area contributed by atoms with Crippen molar-refractivity contribution in [3.8, 4) is 111 Å². The number of benzene rings is 26. The van der Waals surface area contributed by atoms with Gasteiger partial charge in [0.2, 0.25) is 0 Å². The van der Waals surface area contributed by atoms with Gasteiger partial charge < -0.3 is 13.3 Å². The molecular formula is C136H84O3. The fourth-order valence-corrected chi connectivity index (χ4v) is 19.4. The minimum Gasteiger partial charge on any atom is -0.456 e. The summed E-state index contributed by atoms with van der Waals surface area (Å²) in [5.74, 6) is 0. The Bertz CT molecular complexity index is 12600. The summed E-state index contributed by atoms with van der Waals surface area (Å²) in [7, 11) is 0. The standard InChI is InChI=1S/C48H30O.C46H28O.C42H26O/c1-3-14-31(15-4-1)35-26-36(32-16-5-2-6-17-32)28-37(27-35)46-38-20-9-11-22-40(38)47(41-23-12-10-21-39(41)46)42-24-13-25-44-48(42)43-29-33-18-7-8-19-34(33)30-45(43)49-44;1-2-13-33-28-43-41(27-32(33)12-1)46-35(20-10-22-42(46)47-43)30-23-25-31(26-24-30)44-37-16-5-7-18-39(37)45(40-19-8-6-17-38(40)44)36-21-9-14-29-11-3-4-15-34(29)36;1-2-11-27(12-3-1)28-21-23-29(24-22-28)40-32-15-6-8-17-34(32)41(35-18-9-7-16-33(35)40)36-19-10-20-38-42(36)37-25-30-13-4-5-14-31(30)26-39(37)43-38/h1-30H;1-28H;1-26H/i9D,10D,11D,12D,20D,21D,22D,23D;1D,2D,3D,4D,5D,6D,7D,8D,9D,10D,11D,12D,13D,14D,15D,16D,17D,18D,19D,20D,21D,22D,23D,24D,25D,26D,27D,28D;6D,7D,8D,9D,15D,16D,17D,18D. The molecule has 0 aliphatic heterocycles. The molecule has 0 saturated carbocycles. The Hall–Kier alpha value is -18.3. The molecule has 0 unspecified atom stereocenters. The lowest BCUT2D eigenvalue weighted by Gasteiger charge is -2.19. The molecule has 0 fully saturated rings. The summed E-state index contributed by atoms with van der Waals surface area (Å²) in [4.78, 5) is 0. The maximum absolute atomic E-state index is 9.68. The van der Waals surface area contributed by atoms with E-state index in [-0.39, 0.29) is 97.0 Å². The van der Waals surface area contributed by atoms with Crippen molar-refractivity contribution in [2.45, 2.75) is 0 Å². The molecule has 0 radical (unpaired) electrons. The fraction of sp³-hybridized carbons (Fsp3) is 0. The summed E-state index contributed by atoms with van der Waals surface area (Å²) in [5, 5.41) is 1.99. The van der Waals surface area contributed by atoms with Gasteiger partial charge in [-0.3, -0.25) is 0 Å². The number of hydrogen-bond acceptors (Lipinski definition) is 3. The van der Waals surface area contributed by atoms with Gasteiger partial charge in [0.1, 0.15) is 33.5 Å². The second kappa shape index (κ2) is 33.4. The predicted octanol–water partition coefficient (Wildman–Crippen LogP) is 39.0. The molecule has 0 aliphatic rings. The van der Waals surface area contributed by atoms with Gasteiger partial charge in [0.05, 0.1) is 60.3 Å². The third kappa shape index (κ3) is 13.7. The fourth-order valence-electron chi connectivity index (χ4n) is 19.4. The van der Waals surface area contributed by atoms with Gasteiger partial charge >= 0.3 is 0 Å². The van der Waals surface area contributed by atoms with Crippen LogP contribution in [0.1, 0.15) is 60.3 Å². The van der Waals surface area contributed by atoms with Gasteiger partial charge in [-0.2, -0.15) is 0 Å². The van der Waals surface area contributed by atoms with Crippen LogP contribution >= 0.6 is 0 Å². The molecular weight excluding hydrogens is 1680 g/mol. The molecule has 26 aromatic carbocycles. The lowest BCUT2D eigenvalue weighted by atomic mass is 9.83. The van der Waals surface area contributed by atoms with E-state index in [1.54, 1.807) is 12.1 Å². The minimum atomic E-state index is -1.11. The molecule has 0 spiro atoms. The first-order chi connectivity index (χ1) is 87.3. The molecule has 3 nitrogen and oxygen atoms in total. The number of rotatable bonds is 10. The highest BCUT2D eigenvalue weighted by molar-refractivity contribution is 6.30.